The lowest BCUT2D eigenvalue weighted by Gasteiger charge is -2.08. The molecule has 0 amide bonds. The van der Waals surface area contributed by atoms with Crippen molar-refractivity contribution in [3.8, 4) is 11.1 Å². The van der Waals surface area contributed by atoms with Gasteiger partial charge >= 0.3 is 0 Å². The van der Waals surface area contributed by atoms with Crippen LogP contribution in [-0.4, -0.2) is 10.7 Å². The highest BCUT2D eigenvalue weighted by atomic mass is 32.2. The Kier molecular flexibility index (Phi) is 10.1. The predicted octanol–water partition coefficient (Wildman–Crippen LogP) is 7.58. The molecule has 0 radical (unpaired) electrons. The summed E-state index contributed by atoms with van der Waals surface area (Å²) in [5, 5.41) is 0. The largest absolute Gasteiger partial charge is 0.402 e. The van der Waals surface area contributed by atoms with Crippen LogP contribution in [0.1, 0.15) is 58.1 Å². The third kappa shape index (κ3) is 7.94. The van der Waals surface area contributed by atoms with Crippen LogP contribution in [0, 0.1) is 18.6 Å². The summed E-state index contributed by atoms with van der Waals surface area (Å²) in [6, 6.07) is 6.47. The van der Waals surface area contributed by atoms with Gasteiger partial charge in [-0.1, -0.05) is 37.5 Å². The van der Waals surface area contributed by atoms with Crippen LogP contribution in [0.3, 0.4) is 0 Å². The second-order valence-corrected chi connectivity index (χ2v) is 8.66. The molecule has 5 heteroatoms. The highest BCUT2D eigenvalue weighted by Gasteiger charge is 2.10. The van der Waals surface area contributed by atoms with E-state index in [0.29, 0.717) is 16.0 Å². The maximum absolute atomic E-state index is 14.2. The van der Waals surface area contributed by atoms with E-state index in [9.17, 15) is 8.78 Å². The van der Waals surface area contributed by atoms with Gasteiger partial charge in [-0.25, -0.2) is 8.78 Å². The summed E-state index contributed by atoms with van der Waals surface area (Å²) >= 11 is 1.50. The summed E-state index contributed by atoms with van der Waals surface area (Å²) < 4.78 is 28.3. The number of pyridine rings is 1. The molecule has 0 aliphatic heterocycles. The standard InChI is InChI=1S/C25H32F2N2S/c1-4-20(14-18(2)28)10-8-6-5-7-9-13-30-25-16-21(11-12-23(25)26)22-15-19(3)29-17-24(22)27/h10-12,14-17H,4-9,13,28H2,1-3H3/b18-14-,20-10-. The van der Waals surface area contributed by atoms with E-state index in [-0.39, 0.29) is 11.6 Å². The first-order valence-corrected chi connectivity index (χ1v) is 11.6. The summed E-state index contributed by atoms with van der Waals surface area (Å²) in [4.78, 5) is 4.53. The Balaban J connectivity index is 1.79. The molecule has 0 aliphatic carbocycles. The van der Waals surface area contributed by atoms with Crippen molar-refractivity contribution >= 4 is 11.8 Å². The zero-order valence-corrected chi connectivity index (χ0v) is 19.0. The monoisotopic (exact) mass is 430 g/mol. The molecule has 0 unspecified atom stereocenters. The molecule has 1 aromatic carbocycles. The lowest BCUT2D eigenvalue weighted by molar-refractivity contribution is 0.601. The fraction of sp³-hybridized carbons (Fsp3) is 0.400. The van der Waals surface area contributed by atoms with Crippen molar-refractivity contribution < 1.29 is 8.78 Å². The van der Waals surface area contributed by atoms with Crippen LogP contribution in [0.25, 0.3) is 11.1 Å². The molecule has 0 fully saturated rings. The van der Waals surface area contributed by atoms with Crippen LogP contribution in [0.4, 0.5) is 8.78 Å². The molecule has 2 N–H and O–H groups in total. The molecule has 0 aliphatic rings. The van der Waals surface area contributed by atoms with E-state index >= 15 is 0 Å². The van der Waals surface area contributed by atoms with E-state index in [1.807, 2.05) is 19.9 Å². The first-order valence-electron chi connectivity index (χ1n) is 10.6. The lowest BCUT2D eigenvalue weighted by Crippen LogP contribution is -1.92. The van der Waals surface area contributed by atoms with Crippen molar-refractivity contribution in [2.45, 2.75) is 64.2 Å². The minimum atomic E-state index is -0.388. The van der Waals surface area contributed by atoms with Crippen LogP contribution in [0.5, 0.6) is 0 Å². The number of aromatic nitrogens is 1. The molecule has 0 saturated carbocycles. The molecular formula is C25H32F2N2S. The van der Waals surface area contributed by atoms with E-state index in [2.05, 4.69) is 18.0 Å². The lowest BCUT2D eigenvalue weighted by atomic mass is 10.1. The first-order chi connectivity index (χ1) is 14.4. The average molecular weight is 431 g/mol. The fourth-order valence-corrected chi connectivity index (χ4v) is 4.20. The SMILES string of the molecule is CCC(/C=C(/C)N)=C/CCCCCCSc1cc(-c2cc(C)ncc2F)ccc1F. The van der Waals surface area contributed by atoms with Crippen LogP contribution in [0.2, 0.25) is 0 Å². The summed E-state index contributed by atoms with van der Waals surface area (Å²) in [6.07, 6.45) is 12.0. The molecule has 2 aromatic rings. The highest BCUT2D eigenvalue weighted by Crippen LogP contribution is 2.30. The molecule has 30 heavy (non-hydrogen) atoms. The Morgan fingerprint density at radius 3 is 2.60 bits per heavy atom. The van der Waals surface area contributed by atoms with Crippen molar-refractivity contribution in [3.05, 3.63) is 71.2 Å². The number of unbranched alkanes of at least 4 members (excludes halogenated alkanes) is 4. The van der Waals surface area contributed by atoms with E-state index < -0.39 is 0 Å². The van der Waals surface area contributed by atoms with Gasteiger partial charge in [-0.15, -0.1) is 11.8 Å². The number of allylic oxidation sites excluding steroid dienone is 4. The van der Waals surface area contributed by atoms with Gasteiger partial charge in [0, 0.05) is 21.8 Å². The number of hydrogen-bond acceptors (Lipinski definition) is 3. The van der Waals surface area contributed by atoms with E-state index in [0.717, 1.165) is 55.7 Å². The second kappa shape index (κ2) is 12.5. The van der Waals surface area contributed by atoms with Gasteiger partial charge < -0.3 is 5.73 Å². The van der Waals surface area contributed by atoms with Crippen LogP contribution < -0.4 is 5.73 Å². The number of hydrogen-bond donors (Lipinski definition) is 1. The molecule has 2 rings (SSSR count). The Bertz CT molecular complexity index is 887. The van der Waals surface area contributed by atoms with Crippen LogP contribution >= 0.6 is 11.8 Å². The van der Waals surface area contributed by atoms with Crippen molar-refractivity contribution in [2.75, 3.05) is 5.75 Å². The zero-order chi connectivity index (χ0) is 21.9. The predicted molar refractivity (Wildman–Crippen MR) is 124 cm³/mol. The number of nitrogens with two attached hydrogens (primary N) is 1. The molecule has 0 atom stereocenters. The van der Waals surface area contributed by atoms with Gasteiger partial charge in [0.05, 0.1) is 6.20 Å². The number of aryl methyl sites for hydroxylation is 1. The van der Waals surface area contributed by atoms with Crippen LogP contribution in [0.15, 0.2) is 58.8 Å². The van der Waals surface area contributed by atoms with Crippen molar-refractivity contribution in [1.29, 1.82) is 0 Å². The molecule has 0 bridgehead atoms. The molecule has 2 nitrogen and oxygen atoms in total. The first kappa shape index (κ1) is 24.1. The number of thioether (sulfide) groups is 1. The van der Waals surface area contributed by atoms with Gasteiger partial charge in [0.15, 0.2) is 0 Å². The molecule has 1 aromatic heterocycles. The van der Waals surface area contributed by atoms with Crippen molar-refractivity contribution in [3.63, 3.8) is 0 Å². The quantitative estimate of drug-likeness (QED) is 0.227. The van der Waals surface area contributed by atoms with E-state index in [4.69, 9.17) is 5.73 Å². The van der Waals surface area contributed by atoms with Crippen LogP contribution in [-0.2, 0) is 0 Å². The maximum atomic E-state index is 14.2. The summed E-state index contributed by atoms with van der Waals surface area (Å²) in [5.74, 6) is 0.208. The van der Waals surface area contributed by atoms with Gasteiger partial charge in [-0.2, -0.15) is 0 Å². The third-order valence-electron chi connectivity index (χ3n) is 4.82. The molecule has 0 spiro atoms. The van der Waals surface area contributed by atoms with Crippen molar-refractivity contribution in [2.24, 2.45) is 5.73 Å². The van der Waals surface area contributed by atoms with E-state index in [1.165, 1.54) is 29.6 Å². The summed E-state index contributed by atoms with van der Waals surface area (Å²) in [7, 11) is 0. The van der Waals surface area contributed by atoms with Crippen molar-refractivity contribution in [1.82, 2.24) is 4.98 Å². The maximum Gasteiger partial charge on any atom is 0.149 e. The topological polar surface area (TPSA) is 38.9 Å². The average Bonchev–Trinajstić information content (AvgIpc) is 2.71. The fourth-order valence-electron chi connectivity index (χ4n) is 3.21. The number of rotatable bonds is 11. The summed E-state index contributed by atoms with van der Waals surface area (Å²) in [6.45, 7) is 5.87. The van der Waals surface area contributed by atoms with Gasteiger partial charge in [0.1, 0.15) is 11.6 Å². The van der Waals surface area contributed by atoms with Gasteiger partial charge in [0.2, 0.25) is 0 Å². The third-order valence-corrected chi connectivity index (χ3v) is 5.93. The minimum Gasteiger partial charge on any atom is -0.402 e. The Labute approximate surface area is 183 Å². The number of benzene rings is 1. The zero-order valence-electron chi connectivity index (χ0n) is 18.2. The molecule has 162 valence electrons. The van der Waals surface area contributed by atoms with Gasteiger partial charge in [-0.3, -0.25) is 4.98 Å². The van der Waals surface area contributed by atoms with Gasteiger partial charge in [-0.05, 0) is 75.1 Å². The van der Waals surface area contributed by atoms with Gasteiger partial charge in [0.25, 0.3) is 0 Å². The number of halogens is 2. The normalized spacial score (nSPS) is 12.4. The Morgan fingerprint density at radius 1 is 1.10 bits per heavy atom. The molecule has 0 saturated heterocycles. The van der Waals surface area contributed by atoms with E-state index in [1.54, 1.807) is 18.2 Å². The summed E-state index contributed by atoms with van der Waals surface area (Å²) in [5.41, 5.74) is 9.76. The Morgan fingerprint density at radius 2 is 1.87 bits per heavy atom. The highest BCUT2D eigenvalue weighted by molar-refractivity contribution is 7.99. The molecular weight excluding hydrogens is 398 g/mol. The Hall–Kier alpha value is -2.14. The number of nitrogens with zero attached hydrogens (tertiary/aromatic N) is 1. The molecule has 1 heterocycles. The smallest absolute Gasteiger partial charge is 0.149 e. The minimum absolute atomic E-state index is 0.254. The second-order valence-electron chi connectivity index (χ2n) is 7.52.